The Morgan fingerprint density at radius 1 is 1.18 bits per heavy atom. The van der Waals surface area contributed by atoms with Crippen molar-refractivity contribution in [3.8, 4) is 0 Å². The number of aromatic nitrogens is 1. The number of pyridine rings is 1. The molecule has 5 rings (SSSR count). The Morgan fingerprint density at radius 2 is 1.94 bits per heavy atom. The largest absolute Gasteiger partial charge is 0.477 e. The average molecular weight is 454 g/mol. The van der Waals surface area contributed by atoms with Crippen molar-refractivity contribution in [2.75, 3.05) is 23.7 Å². The number of hydrogen-bond acceptors (Lipinski definition) is 5. The minimum atomic E-state index is -1.46. The van der Waals surface area contributed by atoms with Gasteiger partial charge in [-0.1, -0.05) is 24.3 Å². The lowest BCUT2D eigenvalue weighted by molar-refractivity contribution is 0.0695. The first kappa shape index (κ1) is 21.4. The molecule has 3 aromatic rings. The van der Waals surface area contributed by atoms with Gasteiger partial charge in [0.15, 0.2) is 11.6 Å². The third-order valence-electron chi connectivity index (χ3n) is 6.70. The lowest BCUT2D eigenvalue weighted by Gasteiger charge is -2.24. The minimum absolute atomic E-state index is 0.0623. The topological polar surface area (TPSA) is 115 Å². The number of nitrogens with two attached hydrogens (primary N) is 2. The molecule has 0 bridgehead atoms. The normalized spacial score (nSPS) is 18.3. The van der Waals surface area contributed by atoms with E-state index in [1.54, 1.807) is 4.90 Å². The molecule has 1 saturated heterocycles. The third kappa shape index (κ3) is 3.43. The highest BCUT2D eigenvalue weighted by molar-refractivity contribution is 5.99. The molecule has 2 aromatic carbocycles. The van der Waals surface area contributed by atoms with Crippen LogP contribution in [0.1, 0.15) is 52.7 Å². The molecule has 1 atom stereocenters. The molecule has 1 saturated carbocycles. The van der Waals surface area contributed by atoms with E-state index in [1.165, 1.54) is 4.57 Å². The number of nitrogen functional groups attached to an aromatic ring is 1. The highest BCUT2D eigenvalue weighted by Crippen LogP contribution is 2.43. The van der Waals surface area contributed by atoms with Gasteiger partial charge < -0.3 is 26.0 Å². The van der Waals surface area contributed by atoms with E-state index in [-0.39, 0.29) is 23.2 Å². The van der Waals surface area contributed by atoms with Crippen LogP contribution in [0.2, 0.25) is 0 Å². The summed E-state index contributed by atoms with van der Waals surface area (Å²) >= 11 is 0. The van der Waals surface area contributed by atoms with E-state index in [4.69, 9.17) is 11.5 Å². The number of carboxylic acids is 1. The molecule has 1 aromatic heterocycles. The molecule has 172 valence electrons. The fraction of sp³-hybridized carbons (Fsp3) is 0.333. The first-order valence-electron chi connectivity index (χ1n) is 10.9. The van der Waals surface area contributed by atoms with Crippen LogP contribution in [-0.2, 0) is 6.54 Å². The van der Waals surface area contributed by atoms with Gasteiger partial charge in [-0.2, -0.15) is 0 Å². The number of aromatic carboxylic acids is 1. The predicted molar refractivity (Wildman–Crippen MR) is 122 cm³/mol. The molecule has 0 spiro atoms. The molecule has 1 aliphatic carbocycles. The quantitative estimate of drug-likeness (QED) is 0.510. The van der Waals surface area contributed by atoms with E-state index >= 15 is 8.78 Å². The van der Waals surface area contributed by atoms with Crippen LogP contribution < -0.4 is 21.8 Å². The molecule has 2 fully saturated rings. The van der Waals surface area contributed by atoms with Crippen LogP contribution in [0.25, 0.3) is 10.9 Å². The molecule has 33 heavy (non-hydrogen) atoms. The monoisotopic (exact) mass is 454 g/mol. The van der Waals surface area contributed by atoms with Crippen LogP contribution in [0, 0.1) is 11.6 Å². The Kier molecular flexibility index (Phi) is 5.08. The van der Waals surface area contributed by atoms with Gasteiger partial charge in [0.25, 0.3) is 0 Å². The second-order valence-corrected chi connectivity index (χ2v) is 8.81. The maximum atomic E-state index is 15.9. The van der Waals surface area contributed by atoms with Gasteiger partial charge in [0, 0.05) is 37.8 Å². The van der Waals surface area contributed by atoms with Crippen LogP contribution in [0.3, 0.4) is 0 Å². The van der Waals surface area contributed by atoms with Gasteiger partial charge in [0.05, 0.1) is 16.6 Å². The summed E-state index contributed by atoms with van der Waals surface area (Å²) in [6.45, 7) is 1.20. The third-order valence-corrected chi connectivity index (χ3v) is 6.70. The minimum Gasteiger partial charge on any atom is -0.477 e. The average Bonchev–Trinajstić information content (AvgIpc) is 3.54. The summed E-state index contributed by atoms with van der Waals surface area (Å²) < 4.78 is 32.8. The van der Waals surface area contributed by atoms with Crippen molar-refractivity contribution in [2.45, 2.75) is 37.8 Å². The molecule has 1 unspecified atom stereocenters. The summed E-state index contributed by atoms with van der Waals surface area (Å²) in [4.78, 5) is 26.0. The van der Waals surface area contributed by atoms with Gasteiger partial charge in [-0.05, 0) is 30.4 Å². The Hall–Kier alpha value is -3.46. The summed E-state index contributed by atoms with van der Waals surface area (Å²) in [5.41, 5.74) is 11.4. The fourth-order valence-corrected chi connectivity index (χ4v) is 4.83. The number of nitrogens with zero attached hydrogens (tertiary/aromatic N) is 2. The van der Waals surface area contributed by atoms with Gasteiger partial charge in [-0.25, -0.2) is 13.6 Å². The molecule has 0 radical (unpaired) electrons. The molecule has 5 N–H and O–H groups in total. The second-order valence-electron chi connectivity index (χ2n) is 8.81. The van der Waals surface area contributed by atoms with Crippen molar-refractivity contribution >= 4 is 28.2 Å². The Bertz CT molecular complexity index is 1350. The number of benzene rings is 2. The van der Waals surface area contributed by atoms with Crippen LogP contribution in [0.4, 0.5) is 20.2 Å². The summed E-state index contributed by atoms with van der Waals surface area (Å²) in [5.74, 6) is -3.30. The van der Waals surface area contributed by atoms with E-state index in [1.807, 2.05) is 24.3 Å². The summed E-state index contributed by atoms with van der Waals surface area (Å²) in [5, 5.41) is 9.02. The maximum Gasteiger partial charge on any atom is 0.341 e. The van der Waals surface area contributed by atoms with Crippen molar-refractivity contribution in [2.24, 2.45) is 5.73 Å². The molecule has 1 aliphatic heterocycles. The summed E-state index contributed by atoms with van der Waals surface area (Å²) in [6.07, 6.45) is 3.27. The van der Waals surface area contributed by atoms with Crippen LogP contribution in [0.5, 0.6) is 0 Å². The predicted octanol–water partition coefficient (Wildman–Crippen LogP) is 3.35. The number of halogens is 2. The molecule has 7 nitrogen and oxygen atoms in total. The molecular weight excluding hydrogens is 430 g/mol. The zero-order valence-electron chi connectivity index (χ0n) is 17.9. The van der Waals surface area contributed by atoms with Gasteiger partial charge in [0.2, 0.25) is 5.43 Å². The molecule has 2 heterocycles. The highest BCUT2D eigenvalue weighted by atomic mass is 19.1. The standard InChI is InChI=1S/C24H24F2N4O3/c25-18-20(28)17-21(30(15-4-5-15)11-16(23(17)31)24(32)33)19(26)22(18)29-7-6-14(10-29)13-3-1-2-12(8-13)9-27/h1-3,8,11,14-15H,4-7,9-10,27-28H2,(H,32,33). The second kappa shape index (κ2) is 7.84. The number of anilines is 2. The lowest BCUT2D eigenvalue weighted by Crippen LogP contribution is -2.26. The highest BCUT2D eigenvalue weighted by Gasteiger charge is 2.35. The molecule has 0 amide bonds. The Balaban J connectivity index is 1.64. The fourth-order valence-electron chi connectivity index (χ4n) is 4.83. The van der Waals surface area contributed by atoms with Crippen LogP contribution in [0.15, 0.2) is 35.3 Å². The number of carbonyl (C=O) groups is 1. The van der Waals surface area contributed by atoms with Gasteiger partial charge in [-0.3, -0.25) is 4.79 Å². The van der Waals surface area contributed by atoms with Crippen LogP contribution >= 0.6 is 0 Å². The first-order valence-corrected chi connectivity index (χ1v) is 10.9. The van der Waals surface area contributed by atoms with Crippen molar-refractivity contribution in [3.05, 3.63) is 69.0 Å². The van der Waals surface area contributed by atoms with Crippen molar-refractivity contribution in [1.82, 2.24) is 4.57 Å². The molecular formula is C24H24F2N4O3. The first-order chi connectivity index (χ1) is 15.8. The zero-order valence-corrected chi connectivity index (χ0v) is 17.9. The summed E-state index contributed by atoms with van der Waals surface area (Å²) in [6, 6.07) is 7.69. The zero-order chi connectivity index (χ0) is 23.4. The summed E-state index contributed by atoms with van der Waals surface area (Å²) in [7, 11) is 0. The number of fused-ring (bicyclic) bond motifs is 1. The van der Waals surface area contributed by atoms with E-state index < -0.39 is 39.7 Å². The van der Waals surface area contributed by atoms with Crippen molar-refractivity contribution < 1.29 is 18.7 Å². The maximum absolute atomic E-state index is 15.9. The Labute approximate surface area is 188 Å². The molecule has 9 heteroatoms. The number of carboxylic acid groups (broad SMARTS) is 1. The van der Waals surface area contributed by atoms with E-state index in [2.05, 4.69) is 0 Å². The van der Waals surface area contributed by atoms with E-state index in [9.17, 15) is 14.7 Å². The van der Waals surface area contributed by atoms with Gasteiger partial charge in [-0.15, -0.1) is 0 Å². The molecule has 2 aliphatic rings. The van der Waals surface area contributed by atoms with E-state index in [0.717, 1.165) is 17.3 Å². The van der Waals surface area contributed by atoms with Gasteiger partial charge in [0.1, 0.15) is 11.3 Å². The SMILES string of the molecule is NCc1cccc(C2CCN(c3c(F)c(N)c4c(=O)c(C(=O)O)cn(C5CC5)c4c3F)C2)c1. The number of rotatable bonds is 5. The van der Waals surface area contributed by atoms with Crippen LogP contribution in [-0.4, -0.2) is 28.7 Å². The Morgan fingerprint density at radius 3 is 2.61 bits per heavy atom. The van der Waals surface area contributed by atoms with E-state index in [0.29, 0.717) is 38.9 Å². The van der Waals surface area contributed by atoms with Crippen molar-refractivity contribution in [3.63, 3.8) is 0 Å². The van der Waals surface area contributed by atoms with Gasteiger partial charge >= 0.3 is 5.97 Å². The number of hydrogen-bond donors (Lipinski definition) is 3. The lowest BCUT2D eigenvalue weighted by atomic mass is 9.96. The van der Waals surface area contributed by atoms with Crippen molar-refractivity contribution in [1.29, 1.82) is 0 Å². The smallest absolute Gasteiger partial charge is 0.341 e.